The number of rotatable bonds is 4. The zero-order chi connectivity index (χ0) is 33.5. The van der Waals surface area contributed by atoms with E-state index in [1.54, 1.807) is 0 Å². The molecule has 5 heterocycles. The van der Waals surface area contributed by atoms with Crippen molar-refractivity contribution >= 4 is 77.7 Å². The van der Waals surface area contributed by atoms with E-state index in [0.717, 1.165) is 39.2 Å². The van der Waals surface area contributed by atoms with Crippen molar-refractivity contribution < 1.29 is 0 Å². The molecule has 5 aromatic heterocycles. The third kappa shape index (κ3) is 4.32. The predicted molar refractivity (Wildman–Crippen MR) is 214 cm³/mol. The monoisotopic (exact) mass is 716 g/mol. The third-order valence-electron chi connectivity index (χ3n) is 10.2. The fourth-order valence-electron chi connectivity index (χ4n) is 7.93. The number of aromatic nitrogens is 4. The van der Waals surface area contributed by atoms with E-state index < -0.39 is 0 Å². The number of nitrogens with zero attached hydrogens (tertiary/aromatic N) is 4. The van der Waals surface area contributed by atoms with Crippen LogP contribution in [0.15, 0.2) is 170 Å². The summed E-state index contributed by atoms with van der Waals surface area (Å²) in [7, 11) is 0. The molecule has 0 N–H and O–H groups in total. The predicted octanol–water partition coefficient (Wildman–Crippen LogP) is 11.4. The van der Waals surface area contributed by atoms with Gasteiger partial charge in [-0.05, 0) is 0 Å². The number of hydrogen-bond donors (Lipinski definition) is 0. The molecule has 0 bridgehead atoms. The van der Waals surface area contributed by atoms with E-state index in [-0.39, 0.29) is 14.5 Å². The van der Waals surface area contributed by atoms with Crippen LogP contribution in [-0.2, 0) is 0 Å². The Morgan fingerprint density at radius 3 is 1.86 bits per heavy atom. The second-order valence-electron chi connectivity index (χ2n) is 13.0. The van der Waals surface area contributed by atoms with Crippen molar-refractivity contribution in [2.24, 2.45) is 0 Å². The van der Waals surface area contributed by atoms with Crippen LogP contribution in [0.1, 0.15) is 0 Å². The summed E-state index contributed by atoms with van der Waals surface area (Å²) >= 11 is 0.120. The van der Waals surface area contributed by atoms with Gasteiger partial charge in [0.1, 0.15) is 0 Å². The molecule has 0 aliphatic carbocycles. The Morgan fingerprint density at radius 1 is 0.431 bits per heavy atom. The van der Waals surface area contributed by atoms with Crippen LogP contribution in [0.5, 0.6) is 0 Å². The number of hydrogen-bond acceptors (Lipinski definition) is 2. The van der Waals surface area contributed by atoms with Crippen LogP contribution in [0.3, 0.4) is 0 Å². The van der Waals surface area contributed by atoms with Crippen LogP contribution in [0.4, 0.5) is 0 Å². The first-order valence-corrected chi connectivity index (χ1v) is 18.9. The van der Waals surface area contributed by atoms with E-state index in [1.165, 1.54) is 57.7 Å². The third-order valence-corrected chi connectivity index (χ3v) is 12.4. The summed E-state index contributed by atoms with van der Waals surface area (Å²) in [6.45, 7) is 0. The van der Waals surface area contributed by atoms with Gasteiger partial charge in [-0.15, -0.1) is 0 Å². The molecule has 238 valence electrons. The van der Waals surface area contributed by atoms with E-state index in [0.29, 0.717) is 0 Å². The molecule has 0 atom stereocenters. The van der Waals surface area contributed by atoms with E-state index in [1.807, 2.05) is 6.20 Å². The summed E-state index contributed by atoms with van der Waals surface area (Å²) in [6, 6.07) is 58.8. The maximum absolute atomic E-state index is 5.30. The van der Waals surface area contributed by atoms with Gasteiger partial charge in [0, 0.05) is 0 Å². The SMILES string of the molecule is c1ccc(-n2c3ccccc3c3ccc(-c4ccc5[se]c6cc(-c7cccc8c7c7ccccc7n8-c7ccccc7)cnc6c5n4)cc32)cc1. The molecule has 0 unspecified atom stereocenters. The number of pyridine rings is 2. The normalized spacial score (nSPS) is 11.9. The molecule has 51 heavy (non-hydrogen) atoms. The molecular formula is C46H28N4Se. The average molecular weight is 716 g/mol. The minimum absolute atomic E-state index is 0.120. The van der Waals surface area contributed by atoms with Crippen LogP contribution < -0.4 is 0 Å². The molecule has 11 rings (SSSR count). The van der Waals surface area contributed by atoms with Gasteiger partial charge in [-0.25, -0.2) is 0 Å². The summed E-state index contributed by atoms with van der Waals surface area (Å²) < 4.78 is 7.30. The Kier molecular flexibility index (Phi) is 6.23. The van der Waals surface area contributed by atoms with Gasteiger partial charge < -0.3 is 0 Å². The molecule has 0 spiro atoms. The van der Waals surface area contributed by atoms with E-state index in [2.05, 4.69) is 173 Å². The molecule has 0 saturated carbocycles. The average Bonchev–Trinajstić information content (AvgIpc) is 3.85. The molecule has 0 aliphatic rings. The molecule has 0 fully saturated rings. The topological polar surface area (TPSA) is 35.6 Å². The first-order chi connectivity index (χ1) is 25.3. The number of benzene rings is 6. The molecule has 0 saturated heterocycles. The molecule has 0 amide bonds. The molecule has 0 aliphatic heterocycles. The summed E-state index contributed by atoms with van der Waals surface area (Å²) in [5, 5.41) is 4.99. The standard InChI is InChI=1S/C46H28N4Se/c1-3-12-31(13-4-1)49-39-20-10-8-17-36(39)44-33(18-11-21-40(44)49)30-27-43-45(47-28-30)46-42(51-43)25-24-37(48-46)29-22-23-35-34-16-7-9-19-38(34)50(41(35)26-29)32-14-5-2-6-15-32/h1-28H. The van der Waals surface area contributed by atoms with Crippen LogP contribution in [0.2, 0.25) is 0 Å². The first kappa shape index (κ1) is 28.6. The number of fused-ring (bicyclic) bond motifs is 9. The van der Waals surface area contributed by atoms with Crippen molar-refractivity contribution in [3.05, 3.63) is 170 Å². The van der Waals surface area contributed by atoms with Crippen LogP contribution in [0, 0.1) is 0 Å². The maximum atomic E-state index is 5.30. The van der Waals surface area contributed by atoms with Gasteiger partial charge in [0.2, 0.25) is 0 Å². The second kappa shape index (κ2) is 11.1. The van der Waals surface area contributed by atoms with Crippen LogP contribution >= 0.6 is 0 Å². The van der Waals surface area contributed by atoms with E-state index >= 15 is 0 Å². The van der Waals surface area contributed by atoms with Crippen LogP contribution in [-0.4, -0.2) is 33.6 Å². The summed E-state index contributed by atoms with van der Waals surface area (Å²) in [5.41, 5.74) is 13.5. The zero-order valence-electron chi connectivity index (χ0n) is 27.4. The van der Waals surface area contributed by atoms with Crippen molar-refractivity contribution in [1.29, 1.82) is 0 Å². The minimum atomic E-state index is 0.120. The molecule has 11 aromatic rings. The second-order valence-corrected chi connectivity index (χ2v) is 15.3. The Labute approximate surface area is 299 Å². The summed E-state index contributed by atoms with van der Waals surface area (Å²) in [4.78, 5) is 10.4. The van der Waals surface area contributed by atoms with Crippen molar-refractivity contribution in [2.75, 3.05) is 0 Å². The summed E-state index contributed by atoms with van der Waals surface area (Å²) in [6.07, 6.45) is 2.05. The molecule has 0 radical (unpaired) electrons. The molecule has 5 heteroatoms. The molecule has 6 aromatic carbocycles. The Bertz CT molecular complexity index is 3130. The van der Waals surface area contributed by atoms with Gasteiger partial charge in [-0.1, -0.05) is 0 Å². The van der Waals surface area contributed by atoms with Crippen molar-refractivity contribution in [3.8, 4) is 33.8 Å². The van der Waals surface area contributed by atoms with Crippen LogP contribution in [0.25, 0.3) is 96.9 Å². The van der Waals surface area contributed by atoms with E-state index in [4.69, 9.17) is 9.97 Å². The van der Waals surface area contributed by atoms with Gasteiger partial charge in [-0.2, -0.15) is 0 Å². The van der Waals surface area contributed by atoms with Crippen molar-refractivity contribution in [3.63, 3.8) is 0 Å². The Balaban J connectivity index is 1.06. The number of para-hydroxylation sites is 4. The van der Waals surface area contributed by atoms with Gasteiger partial charge in [0.05, 0.1) is 0 Å². The quantitative estimate of drug-likeness (QED) is 0.170. The molecular weight excluding hydrogens is 687 g/mol. The fourth-order valence-corrected chi connectivity index (χ4v) is 10.1. The van der Waals surface area contributed by atoms with Crippen molar-refractivity contribution in [2.45, 2.75) is 0 Å². The zero-order valence-corrected chi connectivity index (χ0v) is 29.1. The molecule has 4 nitrogen and oxygen atoms in total. The Hall–Kier alpha value is -6.26. The van der Waals surface area contributed by atoms with Gasteiger partial charge in [-0.3, -0.25) is 0 Å². The van der Waals surface area contributed by atoms with Crippen molar-refractivity contribution in [1.82, 2.24) is 19.1 Å². The summed E-state index contributed by atoms with van der Waals surface area (Å²) in [5.74, 6) is 0. The van der Waals surface area contributed by atoms with Gasteiger partial charge in [0.15, 0.2) is 0 Å². The van der Waals surface area contributed by atoms with E-state index in [9.17, 15) is 0 Å². The fraction of sp³-hybridized carbons (Fsp3) is 0. The van der Waals surface area contributed by atoms with Gasteiger partial charge >= 0.3 is 301 Å². The Morgan fingerprint density at radius 2 is 1.08 bits per heavy atom. The van der Waals surface area contributed by atoms with Gasteiger partial charge in [0.25, 0.3) is 0 Å². The first-order valence-electron chi connectivity index (χ1n) is 17.2.